The highest BCUT2D eigenvalue weighted by atomic mass is 16.5. The fraction of sp³-hybridized carbons (Fsp3) is 0.359. The first kappa shape index (κ1) is 30.9. The maximum Gasteiger partial charge on any atom is 0.337 e. The van der Waals surface area contributed by atoms with Gasteiger partial charge in [-0.3, -0.25) is 0 Å². The van der Waals surface area contributed by atoms with E-state index in [0.717, 1.165) is 78.2 Å². The van der Waals surface area contributed by atoms with Crippen LogP contribution >= 0.6 is 0 Å². The molecule has 0 fully saturated rings. The summed E-state index contributed by atoms with van der Waals surface area (Å²) in [6.45, 7) is 11.9. The number of carbonyl (C=O) groups is 1. The zero-order chi connectivity index (χ0) is 32.9. The lowest BCUT2D eigenvalue weighted by atomic mass is 9.95. The quantitative estimate of drug-likeness (QED) is 0.215. The van der Waals surface area contributed by atoms with Crippen molar-refractivity contribution in [3.8, 4) is 39.4 Å². The molecule has 0 radical (unpaired) electrons. The summed E-state index contributed by atoms with van der Waals surface area (Å²) in [6, 6.07) is 23.5. The zero-order valence-corrected chi connectivity index (χ0v) is 27.8. The van der Waals surface area contributed by atoms with Gasteiger partial charge < -0.3 is 19.5 Å². The van der Waals surface area contributed by atoms with Crippen molar-refractivity contribution in [2.45, 2.75) is 72.0 Å². The number of hydrogen-bond donors (Lipinski definition) is 1. The Balaban J connectivity index is 1.51. The van der Waals surface area contributed by atoms with Crippen LogP contribution in [-0.2, 0) is 16.0 Å². The molecule has 0 saturated heterocycles. The van der Waals surface area contributed by atoms with Crippen molar-refractivity contribution in [3.05, 3.63) is 89.1 Å². The minimum Gasteiger partial charge on any atom is -0.490 e. The summed E-state index contributed by atoms with van der Waals surface area (Å²) in [5.41, 5.74) is 9.91. The molecule has 2 aromatic heterocycles. The number of carboxylic acids is 1. The van der Waals surface area contributed by atoms with Crippen LogP contribution in [0.15, 0.2) is 66.7 Å². The smallest absolute Gasteiger partial charge is 0.337 e. The molecule has 242 valence electrons. The van der Waals surface area contributed by atoms with E-state index in [2.05, 4.69) is 65.6 Å². The van der Waals surface area contributed by atoms with Crippen LogP contribution in [0, 0.1) is 13.8 Å². The molecule has 1 N–H and O–H groups in total. The number of carboxylic acid groups (broad SMARTS) is 1. The summed E-state index contributed by atoms with van der Waals surface area (Å²) >= 11 is 0. The van der Waals surface area contributed by atoms with Gasteiger partial charge in [0.05, 0.1) is 29.2 Å². The van der Waals surface area contributed by atoms with Crippen LogP contribution in [0.2, 0.25) is 0 Å². The van der Waals surface area contributed by atoms with E-state index in [1.54, 1.807) is 0 Å². The Morgan fingerprint density at radius 2 is 1.70 bits per heavy atom. The van der Waals surface area contributed by atoms with E-state index < -0.39 is 17.7 Å². The van der Waals surface area contributed by atoms with Gasteiger partial charge in [-0.1, -0.05) is 48.9 Å². The maximum absolute atomic E-state index is 13.0. The molecule has 1 atom stereocenters. The van der Waals surface area contributed by atoms with Crippen molar-refractivity contribution in [3.63, 3.8) is 0 Å². The van der Waals surface area contributed by atoms with Gasteiger partial charge in [0, 0.05) is 35.0 Å². The molecule has 8 heteroatoms. The average Bonchev–Trinajstić information content (AvgIpc) is 3.46. The number of rotatable bonds is 3. The Kier molecular flexibility index (Phi) is 8.00. The van der Waals surface area contributed by atoms with E-state index in [4.69, 9.17) is 19.6 Å². The van der Waals surface area contributed by atoms with E-state index in [1.807, 2.05) is 45.2 Å². The number of nitrogens with zero attached hydrogens (tertiary/aromatic N) is 4. The summed E-state index contributed by atoms with van der Waals surface area (Å²) in [5.74, 6) is -0.221. The normalized spacial score (nSPS) is 15.5. The number of aryl methyl sites for hydroxylation is 3. The van der Waals surface area contributed by atoms with Crippen LogP contribution in [-0.4, -0.2) is 51.0 Å². The number of anilines is 1. The molecule has 0 saturated carbocycles. The average molecular weight is 631 g/mol. The van der Waals surface area contributed by atoms with Crippen molar-refractivity contribution in [1.82, 2.24) is 14.6 Å². The van der Waals surface area contributed by atoms with Crippen LogP contribution in [0.3, 0.4) is 0 Å². The third kappa shape index (κ3) is 6.10. The van der Waals surface area contributed by atoms with Crippen molar-refractivity contribution < 1.29 is 19.4 Å². The third-order valence-electron chi connectivity index (χ3n) is 9.12. The molecule has 47 heavy (non-hydrogen) atoms. The van der Waals surface area contributed by atoms with E-state index >= 15 is 0 Å². The lowest BCUT2D eigenvalue weighted by Gasteiger charge is -2.33. The van der Waals surface area contributed by atoms with Crippen LogP contribution in [0.4, 0.5) is 5.69 Å². The maximum atomic E-state index is 13.0. The molecule has 0 unspecified atom stereocenters. The molecule has 8 nitrogen and oxygen atoms in total. The molecular formula is C39H42N4O4. The largest absolute Gasteiger partial charge is 0.490 e. The predicted molar refractivity (Wildman–Crippen MR) is 185 cm³/mol. The Morgan fingerprint density at radius 1 is 0.936 bits per heavy atom. The number of aromatic nitrogens is 3. The van der Waals surface area contributed by atoms with Gasteiger partial charge >= 0.3 is 5.97 Å². The molecule has 0 amide bonds. The van der Waals surface area contributed by atoms with Crippen molar-refractivity contribution in [2.75, 3.05) is 24.6 Å². The highest BCUT2D eigenvalue weighted by Gasteiger charge is 2.34. The van der Waals surface area contributed by atoms with Gasteiger partial charge in [0.1, 0.15) is 12.4 Å². The summed E-state index contributed by atoms with van der Waals surface area (Å²) < 4.78 is 14.2. The van der Waals surface area contributed by atoms with Gasteiger partial charge in [0.25, 0.3) is 0 Å². The molecule has 7 rings (SSSR count). The minimum absolute atomic E-state index is 0.498. The van der Waals surface area contributed by atoms with Crippen LogP contribution in [0.5, 0.6) is 5.75 Å². The molecule has 2 aliphatic rings. The first-order chi connectivity index (χ1) is 22.6. The van der Waals surface area contributed by atoms with E-state index in [0.29, 0.717) is 29.2 Å². The monoisotopic (exact) mass is 630 g/mol. The van der Waals surface area contributed by atoms with Crippen LogP contribution in [0.1, 0.15) is 68.5 Å². The predicted octanol–water partition coefficient (Wildman–Crippen LogP) is 8.21. The van der Waals surface area contributed by atoms with E-state index in [-0.39, 0.29) is 0 Å². The Labute approximate surface area is 276 Å². The van der Waals surface area contributed by atoms with Crippen molar-refractivity contribution in [2.24, 2.45) is 0 Å². The Bertz CT molecular complexity index is 1990. The first-order valence-corrected chi connectivity index (χ1v) is 16.6. The number of hydrogen-bond acceptors (Lipinski definition) is 6. The fourth-order valence-corrected chi connectivity index (χ4v) is 6.91. The molecule has 5 aromatic rings. The van der Waals surface area contributed by atoms with Crippen LogP contribution in [0.25, 0.3) is 39.3 Å². The van der Waals surface area contributed by atoms with Crippen LogP contribution < -0.4 is 9.64 Å². The summed E-state index contributed by atoms with van der Waals surface area (Å²) in [7, 11) is 0. The van der Waals surface area contributed by atoms with Gasteiger partial charge in [-0.25, -0.2) is 14.3 Å². The van der Waals surface area contributed by atoms with Gasteiger partial charge in [0.15, 0.2) is 11.8 Å². The lowest BCUT2D eigenvalue weighted by molar-refractivity contribution is -0.160. The highest BCUT2D eigenvalue weighted by molar-refractivity contribution is 5.84. The second kappa shape index (κ2) is 12.2. The van der Waals surface area contributed by atoms with Crippen molar-refractivity contribution in [1.29, 1.82) is 0 Å². The molecule has 0 spiro atoms. The van der Waals surface area contributed by atoms with Gasteiger partial charge in [-0.05, 0) is 94.3 Å². The Hall–Kier alpha value is -4.69. The SMILES string of the molecule is Cc1cc2c3cc1-c1c([C@H](OC(C)(C)C)C(=O)O)c(C)nc4cc(nn14)-c1cccc(c1)-c1cccc(c1)CCCCCN3CCO2. The number of benzene rings is 3. The van der Waals surface area contributed by atoms with Gasteiger partial charge in [0.2, 0.25) is 0 Å². The fourth-order valence-electron chi connectivity index (χ4n) is 6.91. The second-order valence-corrected chi connectivity index (χ2v) is 13.8. The van der Waals surface area contributed by atoms with Gasteiger partial charge in [-0.2, -0.15) is 5.10 Å². The molecular weight excluding hydrogens is 588 g/mol. The molecule has 2 aliphatic heterocycles. The Morgan fingerprint density at radius 3 is 2.49 bits per heavy atom. The zero-order valence-electron chi connectivity index (χ0n) is 27.8. The van der Waals surface area contributed by atoms with E-state index in [1.165, 1.54) is 11.1 Å². The first-order valence-electron chi connectivity index (χ1n) is 16.6. The summed E-state index contributed by atoms with van der Waals surface area (Å²) in [4.78, 5) is 20.3. The number of ether oxygens (including phenoxy) is 2. The molecule has 0 aliphatic carbocycles. The molecule has 4 heterocycles. The van der Waals surface area contributed by atoms with Gasteiger partial charge in [-0.15, -0.1) is 0 Å². The standard InChI is InChI=1S/C39H42N4O4/c1-24-19-33-32-22-30(24)36-35(37(38(44)45)47-39(3,4)5)25(2)40-34-23-31(41-43(34)36)29-15-10-14-28(21-29)27-13-9-12-26(20-27)11-7-6-8-16-42(32)17-18-46-33/h9-10,12-15,19-23,37H,6-8,11,16-18H2,1-5H3,(H,44,45)/t37-/m0/s1. The third-order valence-corrected chi connectivity index (χ3v) is 9.12. The topological polar surface area (TPSA) is 89.2 Å². The second-order valence-electron chi connectivity index (χ2n) is 13.8. The number of aliphatic carboxylic acids is 1. The lowest BCUT2D eigenvalue weighted by Crippen LogP contribution is -2.33. The summed E-state index contributed by atoms with van der Waals surface area (Å²) in [6.07, 6.45) is 3.10. The molecule has 8 bridgehead atoms. The highest BCUT2D eigenvalue weighted by Crippen LogP contribution is 2.43. The minimum atomic E-state index is -1.26. The van der Waals surface area contributed by atoms with Crippen molar-refractivity contribution >= 4 is 17.3 Å². The molecule has 3 aromatic carbocycles. The van der Waals surface area contributed by atoms with E-state index in [9.17, 15) is 9.90 Å². The number of fused-ring (bicyclic) bond motifs is 9. The summed E-state index contributed by atoms with van der Waals surface area (Å²) in [5, 5.41) is 15.7.